The zero-order valence-electron chi connectivity index (χ0n) is 10.8. The number of hydrogen-bond acceptors (Lipinski definition) is 1. The molecule has 0 N–H and O–H groups in total. The number of allylic oxidation sites excluding steroid dienone is 2. The van der Waals surface area contributed by atoms with Crippen LogP contribution in [0.3, 0.4) is 0 Å². The second-order valence-electron chi connectivity index (χ2n) is 5.95. The van der Waals surface area contributed by atoms with Crippen LogP contribution in [0.1, 0.15) is 45.4 Å². The Balaban J connectivity index is 1.75. The van der Waals surface area contributed by atoms with Crippen LogP contribution >= 0.6 is 0 Å². The summed E-state index contributed by atoms with van der Waals surface area (Å²) in [5.41, 5.74) is 0. The molecule has 4 unspecified atom stereocenters. The number of piperidine rings is 1. The third kappa shape index (κ3) is 1.92. The predicted molar refractivity (Wildman–Crippen MR) is 68.5 cm³/mol. The van der Waals surface area contributed by atoms with Crippen molar-refractivity contribution in [2.24, 2.45) is 17.8 Å². The third-order valence-electron chi connectivity index (χ3n) is 5.00. The van der Waals surface area contributed by atoms with Crippen molar-refractivity contribution in [2.75, 3.05) is 6.54 Å². The lowest BCUT2D eigenvalue weighted by Gasteiger charge is -2.41. The third-order valence-corrected chi connectivity index (χ3v) is 5.00. The van der Waals surface area contributed by atoms with Crippen molar-refractivity contribution in [1.82, 2.24) is 4.90 Å². The van der Waals surface area contributed by atoms with Crippen LogP contribution < -0.4 is 0 Å². The lowest BCUT2D eigenvalue weighted by Crippen LogP contribution is -2.48. The molecular formula is C15H23NO. The van der Waals surface area contributed by atoms with Gasteiger partial charge in [0.2, 0.25) is 5.91 Å². The van der Waals surface area contributed by atoms with E-state index in [1.165, 1.54) is 32.1 Å². The molecule has 0 aromatic rings. The predicted octanol–water partition coefficient (Wildman–Crippen LogP) is 2.99. The Bertz CT molecular complexity index is 336. The SMILES string of the molecule is CCC(=O)N1CCCCC1C1CC2C=CC1C2. The van der Waals surface area contributed by atoms with Gasteiger partial charge in [-0.3, -0.25) is 4.79 Å². The molecule has 2 heteroatoms. The van der Waals surface area contributed by atoms with E-state index in [4.69, 9.17) is 0 Å². The molecule has 1 aliphatic heterocycles. The minimum Gasteiger partial charge on any atom is -0.339 e. The van der Waals surface area contributed by atoms with Crippen molar-refractivity contribution in [1.29, 1.82) is 0 Å². The van der Waals surface area contributed by atoms with E-state index >= 15 is 0 Å². The molecule has 0 radical (unpaired) electrons. The Morgan fingerprint density at radius 1 is 1.29 bits per heavy atom. The van der Waals surface area contributed by atoms with E-state index in [0.717, 1.165) is 24.3 Å². The second-order valence-corrected chi connectivity index (χ2v) is 5.95. The zero-order valence-corrected chi connectivity index (χ0v) is 10.8. The molecule has 17 heavy (non-hydrogen) atoms. The monoisotopic (exact) mass is 233 g/mol. The van der Waals surface area contributed by atoms with E-state index in [1.54, 1.807) is 0 Å². The first-order valence-electron chi connectivity index (χ1n) is 7.27. The molecular weight excluding hydrogens is 210 g/mol. The van der Waals surface area contributed by atoms with Crippen molar-refractivity contribution in [3.63, 3.8) is 0 Å². The molecule has 2 nitrogen and oxygen atoms in total. The van der Waals surface area contributed by atoms with E-state index in [2.05, 4.69) is 17.1 Å². The van der Waals surface area contributed by atoms with Crippen molar-refractivity contribution in [2.45, 2.75) is 51.5 Å². The van der Waals surface area contributed by atoms with E-state index in [-0.39, 0.29) is 0 Å². The van der Waals surface area contributed by atoms with Gasteiger partial charge in [-0.05, 0) is 49.9 Å². The normalized spacial score (nSPS) is 39.9. The van der Waals surface area contributed by atoms with E-state index < -0.39 is 0 Å². The van der Waals surface area contributed by atoms with Crippen LogP contribution in [0, 0.1) is 17.8 Å². The standard InChI is InChI=1S/C15H23NO/c1-2-15(17)16-8-4-3-5-14(16)13-10-11-6-7-12(13)9-11/h6-7,11-14H,2-5,8-10H2,1H3. The van der Waals surface area contributed by atoms with Crippen LogP contribution in [0.15, 0.2) is 12.2 Å². The lowest BCUT2D eigenvalue weighted by molar-refractivity contribution is -0.136. The van der Waals surface area contributed by atoms with Gasteiger partial charge in [-0.25, -0.2) is 0 Å². The fourth-order valence-electron chi connectivity index (χ4n) is 4.18. The smallest absolute Gasteiger partial charge is 0.222 e. The number of carbonyl (C=O) groups excluding carboxylic acids is 1. The summed E-state index contributed by atoms with van der Waals surface area (Å²) in [5, 5.41) is 0. The molecule has 1 saturated heterocycles. The van der Waals surface area contributed by atoms with Gasteiger partial charge in [0.05, 0.1) is 0 Å². The van der Waals surface area contributed by atoms with E-state index in [0.29, 0.717) is 18.4 Å². The summed E-state index contributed by atoms with van der Waals surface area (Å²) in [5.74, 6) is 2.74. The first-order valence-corrected chi connectivity index (χ1v) is 7.27. The van der Waals surface area contributed by atoms with Gasteiger partial charge in [0.25, 0.3) is 0 Å². The number of likely N-dealkylation sites (tertiary alicyclic amines) is 1. The Hall–Kier alpha value is -0.790. The Morgan fingerprint density at radius 2 is 2.18 bits per heavy atom. The molecule has 0 aromatic carbocycles. The molecule has 3 aliphatic rings. The van der Waals surface area contributed by atoms with E-state index in [9.17, 15) is 4.79 Å². The quantitative estimate of drug-likeness (QED) is 0.671. The van der Waals surface area contributed by atoms with Crippen LogP contribution in [0.5, 0.6) is 0 Å². The fraction of sp³-hybridized carbons (Fsp3) is 0.800. The van der Waals surface area contributed by atoms with Crippen LogP contribution in [-0.2, 0) is 4.79 Å². The summed E-state index contributed by atoms with van der Waals surface area (Å²) in [6, 6.07) is 0.552. The Labute approximate surface area is 104 Å². The minimum atomic E-state index is 0.376. The van der Waals surface area contributed by atoms with Crippen molar-refractivity contribution in [3.05, 3.63) is 12.2 Å². The summed E-state index contributed by atoms with van der Waals surface area (Å²) < 4.78 is 0. The highest BCUT2D eigenvalue weighted by Crippen LogP contribution is 2.47. The highest BCUT2D eigenvalue weighted by Gasteiger charge is 2.43. The van der Waals surface area contributed by atoms with Crippen LogP contribution in [0.4, 0.5) is 0 Å². The van der Waals surface area contributed by atoms with Crippen LogP contribution in [0.2, 0.25) is 0 Å². The molecule has 2 aliphatic carbocycles. The van der Waals surface area contributed by atoms with Gasteiger partial charge in [-0.2, -0.15) is 0 Å². The summed E-state index contributed by atoms with van der Waals surface area (Å²) in [4.78, 5) is 14.3. The Kier molecular flexibility index (Phi) is 2.97. The lowest BCUT2D eigenvalue weighted by atomic mass is 9.81. The van der Waals surface area contributed by atoms with Crippen molar-refractivity contribution >= 4 is 5.91 Å². The minimum absolute atomic E-state index is 0.376. The number of fused-ring (bicyclic) bond motifs is 2. The molecule has 3 rings (SSSR count). The summed E-state index contributed by atoms with van der Waals surface area (Å²) in [6.45, 7) is 3.00. The summed E-state index contributed by atoms with van der Waals surface area (Å²) >= 11 is 0. The molecule has 1 heterocycles. The van der Waals surface area contributed by atoms with Gasteiger partial charge in [-0.1, -0.05) is 19.1 Å². The first kappa shape index (κ1) is 11.3. The van der Waals surface area contributed by atoms with Gasteiger partial charge < -0.3 is 4.90 Å². The molecule has 0 aromatic heterocycles. The maximum absolute atomic E-state index is 12.0. The average molecular weight is 233 g/mol. The van der Waals surface area contributed by atoms with Gasteiger partial charge in [0, 0.05) is 19.0 Å². The highest BCUT2D eigenvalue weighted by atomic mass is 16.2. The fourth-order valence-corrected chi connectivity index (χ4v) is 4.18. The van der Waals surface area contributed by atoms with Crippen LogP contribution in [-0.4, -0.2) is 23.4 Å². The summed E-state index contributed by atoms with van der Waals surface area (Å²) in [6.07, 6.45) is 11.9. The summed E-state index contributed by atoms with van der Waals surface area (Å²) in [7, 11) is 0. The highest BCUT2D eigenvalue weighted by molar-refractivity contribution is 5.76. The number of carbonyl (C=O) groups is 1. The first-order chi connectivity index (χ1) is 8.29. The number of amides is 1. The number of rotatable bonds is 2. The van der Waals surface area contributed by atoms with Gasteiger partial charge in [0.15, 0.2) is 0 Å². The second kappa shape index (κ2) is 4.47. The van der Waals surface area contributed by atoms with Gasteiger partial charge >= 0.3 is 0 Å². The van der Waals surface area contributed by atoms with Gasteiger partial charge in [-0.15, -0.1) is 0 Å². The molecule has 2 bridgehead atoms. The van der Waals surface area contributed by atoms with E-state index in [1.807, 2.05) is 6.92 Å². The maximum atomic E-state index is 12.0. The zero-order chi connectivity index (χ0) is 11.8. The van der Waals surface area contributed by atoms with Crippen LogP contribution in [0.25, 0.3) is 0 Å². The van der Waals surface area contributed by atoms with Crippen molar-refractivity contribution in [3.8, 4) is 0 Å². The molecule has 1 saturated carbocycles. The average Bonchev–Trinajstić information content (AvgIpc) is 3.00. The maximum Gasteiger partial charge on any atom is 0.222 e. The van der Waals surface area contributed by atoms with Crippen molar-refractivity contribution < 1.29 is 4.79 Å². The topological polar surface area (TPSA) is 20.3 Å². The Morgan fingerprint density at radius 3 is 2.82 bits per heavy atom. The molecule has 1 amide bonds. The molecule has 94 valence electrons. The largest absolute Gasteiger partial charge is 0.339 e. The molecule has 2 fully saturated rings. The molecule has 4 atom stereocenters. The molecule has 0 spiro atoms. The van der Waals surface area contributed by atoms with Gasteiger partial charge in [0.1, 0.15) is 0 Å². The number of hydrogen-bond donors (Lipinski definition) is 0. The number of nitrogens with zero attached hydrogens (tertiary/aromatic N) is 1.